The van der Waals surface area contributed by atoms with Crippen molar-refractivity contribution in [2.24, 2.45) is 0 Å². The molecule has 8 nitrogen and oxygen atoms in total. The molecule has 5 aromatic rings. The number of fused-ring (bicyclic) bond motifs is 1. The first-order valence-electron chi connectivity index (χ1n) is 15.8. The molecule has 1 aromatic heterocycles. The fourth-order valence-electron chi connectivity index (χ4n) is 5.74. The number of ether oxygens (including phenoxy) is 2. The topological polar surface area (TPSA) is 90.3 Å². The molecule has 0 saturated heterocycles. The molecule has 2 heterocycles. The van der Waals surface area contributed by atoms with Crippen LogP contribution in [0.3, 0.4) is 0 Å². The molecule has 1 aliphatic rings. The van der Waals surface area contributed by atoms with Crippen molar-refractivity contribution in [3.05, 3.63) is 135 Å². The average Bonchev–Trinajstić information content (AvgIpc) is 3.47. The summed E-state index contributed by atoms with van der Waals surface area (Å²) in [5.41, 5.74) is 8.10. The minimum absolute atomic E-state index is 0.235. The monoisotopic (exact) mass is 679 g/mol. The zero-order valence-electron chi connectivity index (χ0n) is 27.6. The Morgan fingerprint density at radius 2 is 1.75 bits per heavy atom. The quantitative estimate of drug-likeness (QED) is 0.135. The van der Waals surface area contributed by atoms with E-state index in [1.54, 1.807) is 4.68 Å². The molecule has 4 aromatic carbocycles. The standard InChI is InChI=1S/C38H38ClN5O3S/c1-6-46-33-20-28(15-17-32(33)47-21-27-11-9-10-23(2)19-27)35-34(36(45)41-31-16-14-24(3)18-25(31)4)26(5)40-37-42-38(43-44(35)37)48-22-29-12-7-8-13-30(29)39/h7-20,35H,6,21-22H2,1-5H3,(H,41,45)(H,40,42,43). The molecular weight excluding hydrogens is 642 g/mol. The predicted molar refractivity (Wildman–Crippen MR) is 193 cm³/mol. The van der Waals surface area contributed by atoms with Crippen LogP contribution in [0, 0.1) is 20.8 Å². The number of nitrogens with zero attached hydrogens (tertiary/aromatic N) is 3. The molecule has 1 amide bonds. The summed E-state index contributed by atoms with van der Waals surface area (Å²) in [5, 5.41) is 12.7. The van der Waals surface area contributed by atoms with Gasteiger partial charge in [-0.25, -0.2) is 4.68 Å². The molecule has 10 heteroatoms. The molecule has 2 N–H and O–H groups in total. The number of halogens is 1. The summed E-state index contributed by atoms with van der Waals surface area (Å²) < 4.78 is 14.1. The lowest BCUT2D eigenvalue weighted by molar-refractivity contribution is -0.113. The first-order valence-corrected chi connectivity index (χ1v) is 17.2. The minimum atomic E-state index is -0.598. The van der Waals surface area contributed by atoms with E-state index in [0.29, 0.717) is 57.9 Å². The molecule has 0 aliphatic carbocycles. The number of nitrogens with one attached hydrogen (secondary N) is 2. The number of amides is 1. The van der Waals surface area contributed by atoms with Crippen molar-refractivity contribution in [2.45, 2.75) is 58.2 Å². The highest BCUT2D eigenvalue weighted by Crippen LogP contribution is 2.40. The number of thioether (sulfide) groups is 1. The number of aromatic nitrogens is 3. The van der Waals surface area contributed by atoms with Crippen molar-refractivity contribution in [2.75, 3.05) is 17.2 Å². The van der Waals surface area contributed by atoms with E-state index in [0.717, 1.165) is 33.5 Å². The molecule has 246 valence electrons. The van der Waals surface area contributed by atoms with Gasteiger partial charge in [-0.3, -0.25) is 4.79 Å². The first kappa shape index (κ1) is 33.2. The Morgan fingerprint density at radius 3 is 2.52 bits per heavy atom. The maximum Gasteiger partial charge on any atom is 0.255 e. The molecule has 48 heavy (non-hydrogen) atoms. The van der Waals surface area contributed by atoms with E-state index < -0.39 is 6.04 Å². The summed E-state index contributed by atoms with van der Waals surface area (Å²) in [4.78, 5) is 19.0. The van der Waals surface area contributed by atoms with Crippen LogP contribution in [-0.2, 0) is 17.2 Å². The van der Waals surface area contributed by atoms with Gasteiger partial charge in [0.1, 0.15) is 12.6 Å². The second-order valence-corrected chi connectivity index (χ2v) is 13.1. The fraction of sp³-hybridized carbons (Fsp3) is 0.237. The van der Waals surface area contributed by atoms with Crippen LogP contribution in [0.1, 0.15) is 53.3 Å². The van der Waals surface area contributed by atoms with Crippen LogP contribution in [0.25, 0.3) is 0 Å². The van der Waals surface area contributed by atoms with Crippen LogP contribution in [0.5, 0.6) is 11.5 Å². The summed E-state index contributed by atoms with van der Waals surface area (Å²) in [7, 11) is 0. The lowest BCUT2D eigenvalue weighted by Crippen LogP contribution is -2.31. The van der Waals surface area contributed by atoms with Crippen molar-refractivity contribution < 1.29 is 14.3 Å². The van der Waals surface area contributed by atoms with Crippen LogP contribution < -0.4 is 20.1 Å². The van der Waals surface area contributed by atoms with E-state index >= 15 is 0 Å². The second-order valence-electron chi connectivity index (χ2n) is 11.8. The highest BCUT2D eigenvalue weighted by atomic mass is 35.5. The van der Waals surface area contributed by atoms with E-state index in [4.69, 9.17) is 31.2 Å². The van der Waals surface area contributed by atoms with Gasteiger partial charge in [0.15, 0.2) is 11.5 Å². The number of allylic oxidation sites excluding steroid dienone is 1. The normalized spacial score (nSPS) is 13.9. The van der Waals surface area contributed by atoms with Gasteiger partial charge in [0.2, 0.25) is 11.1 Å². The molecule has 0 saturated carbocycles. The molecule has 6 rings (SSSR count). The van der Waals surface area contributed by atoms with Gasteiger partial charge in [0, 0.05) is 22.2 Å². The van der Waals surface area contributed by atoms with Crippen LogP contribution in [0.15, 0.2) is 101 Å². The lowest BCUT2D eigenvalue weighted by Gasteiger charge is -2.29. The third kappa shape index (κ3) is 7.37. The minimum Gasteiger partial charge on any atom is -0.490 e. The van der Waals surface area contributed by atoms with Gasteiger partial charge in [0.05, 0.1) is 12.2 Å². The van der Waals surface area contributed by atoms with Crippen LogP contribution in [-0.4, -0.2) is 27.3 Å². The van der Waals surface area contributed by atoms with Gasteiger partial charge >= 0.3 is 0 Å². The first-order chi connectivity index (χ1) is 23.2. The van der Waals surface area contributed by atoms with Crippen LogP contribution >= 0.6 is 23.4 Å². The predicted octanol–water partition coefficient (Wildman–Crippen LogP) is 9.05. The van der Waals surface area contributed by atoms with Crippen molar-refractivity contribution in [3.63, 3.8) is 0 Å². The number of carbonyl (C=O) groups excluding carboxylic acids is 1. The van der Waals surface area contributed by atoms with E-state index in [1.165, 1.54) is 17.3 Å². The number of benzene rings is 4. The average molecular weight is 680 g/mol. The molecule has 1 atom stereocenters. The number of anilines is 2. The largest absolute Gasteiger partial charge is 0.490 e. The highest BCUT2D eigenvalue weighted by molar-refractivity contribution is 7.98. The SMILES string of the molecule is CCOc1cc(C2C(C(=O)Nc3ccc(C)cc3C)=C(C)Nc3nc(SCc4ccccc4Cl)nn32)ccc1OCc1cccc(C)c1. The third-order valence-corrected chi connectivity index (χ3v) is 9.34. The Labute approximate surface area is 290 Å². The van der Waals surface area contributed by atoms with Gasteiger partial charge in [0.25, 0.3) is 5.91 Å². The number of aryl methyl sites for hydroxylation is 3. The zero-order valence-corrected chi connectivity index (χ0v) is 29.2. The fourth-order valence-corrected chi connectivity index (χ4v) is 6.86. The van der Waals surface area contributed by atoms with E-state index in [-0.39, 0.29) is 5.91 Å². The van der Waals surface area contributed by atoms with Crippen molar-refractivity contribution in [1.82, 2.24) is 14.8 Å². The van der Waals surface area contributed by atoms with E-state index in [2.05, 4.69) is 35.8 Å². The Balaban J connectivity index is 1.37. The van der Waals surface area contributed by atoms with Crippen molar-refractivity contribution in [3.8, 4) is 11.5 Å². The molecular formula is C38H38ClN5O3S. The van der Waals surface area contributed by atoms with E-state index in [1.807, 2.05) is 94.4 Å². The summed E-state index contributed by atoms with van der Waals surface area (Å²) >= 11 is 7.91. The Morgan fingerprint density at radius 1 is 0.938 bits per heavy atom. The van der Waals surface area contributed by atoms with E-state index in [9.17, 15) is 4.79 Å². The summed E-state index contributed by atoms with van der Waals surface area (Å²) in [5.74, 6) is 2.11. The van der Waals surface area contributed by atoms with Crippen molar-refractivity contribution >= 4 is 40.9 Å². The molecule has 1 unspecified atom stereocenters. The number of carbonyl (C=O) groups is 1. The van der Waals surface area contributed by atoms with Gasteiger partial charge in [-0.15, -0.1) is 5.10 Å². The second kappa shape index (κ2) is 14.6. The van der Waals surface area contributed by atoms with Gasteiger partial charge < -0.3 is 20.1 Å². The van der Waals surface area contributed by atoms with Gasteiger partial charge in [-0.1, -0.05) is 95.2 Å². The summed E-state index contributed by atoms with van der Waals surface area (Å²) in [6.45, 7) is 10.8. The maximum absolute atomic E-state index is 14.2. The molecule has 0 bridgehead atoms. The number of rotatable bonds is 11. The molecule has 0 radical (unpaired) electrons. The maximum atomic E-state index is 14.2. The Kier molecular flexibility index (Phi) is 10.1. The van der Waals surface area contributed by atoms with Gasteiger partial charge in [-0.2, -0.15) is 4.98 Å². The summed E-state index contributed by atoms with van der Waals surface area (Å²) in [6.07, 6.45) is 0. The van der Waals surface area contributed by atoms with Gasteiger partial charge in [-0.05, 0) is 81.1 Å². The smallest absolute Gasteiger partial charge is 0.255 e. The number of hydrogen-bond acceptors (Lipinski definition) is 7. The molecule has 0 spiro atoms. The lowest BCUT2D eigenvalue weighted by atomic mass is 9.94. The third-order valence-electron chi connectivity index (χ3n) is 8.08. The Hall–Kier alpha value is -4.73. The molecule has 0 fully saturated rings. The zero-order chi connectivity index (χ0) is 33.8. The Bertz CT molecular complexity index is 2010. The van der Waals surface area contributed by atoms with Crippen molar-refractivity contribution in [1.29, 1.82) is 0 Å². The number of hydrogen-bond donors (Lipinski definition) is 2. The van der Waals surface area contributed by atoms with Crippen LogP contribution in [0.4, 0.5) is 11.6 Å². The molecule has 1 aliphatic heterocycles. The highest BCUT2D eigenvalue weighted by Gasteiger charge is 2.35. The van der Waals surface area contributed by atoms with Crippen LogP contribution in [0.2, 0.25) is 5.02 Å². The summed E-state index contributed by atoms with van der Waals surface area (Å²) in [6, 6.07) is 27.1.